The van der Waals surface area contributed by atoms with Gasteiger partial charge in [-0.3, -0.25) is 9.59 Å². The van der Waals surface area contributed by atoms with Crippen molar-refractivity contribution in [2.45, 2.75) is 32.6 Å². The predicted molar refractivity (Wildman–Crippen MR) is 114 cm³/mol. The second kappa shape index (κ2) is 8.55. The van der Waals surface area contributed by atoms with E-state index in [0.29, 0.717) is 19.6 Å². The van der Waals surface area contributed by atoms with Gasteiger partial charge in [-0.05, 0) is 32.6 Å². The van der Waals surface area contributed by atoms with Crippen molar-refractivity contribution in [2.75, 3.05) is 64.2 Å². The van der Waals surface area contributed by atoms with E-state index < -0.39 is 5.41 Å². The zero-order valence-corrected chi connectivity index (χ0v) is 18.4. The molecular weight excluding hydrogens is 368 g/mol. The molecule has 0 spiro atoms. The number of likely N-dealkylation sites (tertiary alicyclic amines) is 1. The van der Waals surface area contributed by atoms with Crippen LogP contribution in [0.3, 0.4) is 0 Å². The Morgan fingerprint density at radius 3 is 2.41 bits per heavy atom. The van der Waals surface area contributed by atoms with Gasteiger partial charge in [0.15, 0.2) is 0 Å². The number of hydrogen-bond acceptors (Lipinski definition) is 6. The summed E-state index contributed by atoms with van der Waals surface area (Å²) in [7, 11) is 7.51. The van der Waals surface area contributed by atoms with E-state index in [0.717, 1.165) is 43.9 Å². The van der Waals surface area contributed by atoms with Gasteiger partial charge in [0.1, 0.15) is 18.0 Å². The molecule has 3 rings (SSSR count). The molecule has 2 fully saturated rings. The van der Waals surface area contributed by atoms with Crippen LogP contribution in [0, 0.1) is 11.3 Å². The Hall–Kier alpha value is -2.38. The van der Waals surface area contributed by atoms with Crippen molar-refractivity contribution in [2.24, 2.45) is 11.3 Å². The van der Waals surface area contributed by atoms with Crippen molar-refractivity contribution in [3.63, 3.8) is 0 Å². The molecule has 3 heterocycles. The molecule has 2 aliphatic heterocycles. The molecule has 1 atom stereocenters. The summed E-state index contributed by atoms with van der Waals surface area (Å²) in [6, 6.07) is 1.98. The van der Waals surface area contributed by atoms with Crippen molar-refractivity contribution in [3.8, 4) is 0 Å². The standard InChI is InChI=1S/C21H34N6O2/c1-21(20(29)26-11-7-16(8-12-26)19(28)25(4)5)9-6-10-27(14-21)18-13-17(24(2)3)22-15-23-18/h13,15-16H,6-12,14H2,1-5H3/t21-/m0/s1. The Bertz CT molecular complexity index is 744. The minimum Gasteiger partial charge on any atom is -0.363 e. The van der Waals surface area contributed by atoms with E-state index >= 15 is 0 Å². The zero-order chi connectivity index (χ0) is 21.2. The van der Waals surface area contributed by atoms with Crippen LogP contribution in [0.5, 0.6) is 0 Å². The van der Waals surface area contributed by atoms with Crippen LogP contribution in [0.15, 0.2) is 12.4 Å². The first kappa shape index (κ1) is 21.3. The van der Waals surface area contributed by atoms with Gasteiger partial charge in [-0.15, -0.1) is 0 Å². The molecule has 0 N–H and O–H groups in total. The van der Waals surface area contributed by atoms with Crippen LogP contribution in [0.25, 0.3) is 0 Å². The molecule has 1 aromatic rings. The van der Waals surface area contributed by atoms with Gasteiger partial charge < -0.3 is 19.6 Å². The van der Waals surface area contributed by atoms with E-state index in [-0.39, 0.29) is 17.7 Å². The Balaban J connectivity index is 1.66. The third-order valence-electron chi connectivity index (χ3n) is 6.21. The lowest BCUT2D eigenvalue weighted by atomic mass is 9.79. The summed E-state index contributed by atoms with van der Waals surface area (Å²) in [5.41, 5.74) is -0.431. The normalized spacial score (nSPS) is 23.1. The average molecular weight is 403 g/mol. The molecule has 2 saturated heterocycles. The maximum Gasteiger partial charge on any atom is 0.230 e. The molecular formula is C21H34N6O2. The highest BCUT2D eigenvalue weighted by atomic mass is 16.2. The SMILES string of the molecule is CN(C)C(=O)C1CCN(C(=O)[C@@]2(C)CCCN(c3cc(N(C)C)ncn3)C2)CC1. The average Bonchev–Trinajstić information content (AvgIpc) is 2.72. The molecule has 29 heavy (non-hydrogen) atoms. The smallest absolute Gasteiger partial charge is 0.230 e. The van der Waals surface area contributed by atoms with Crippen molar-refractivity contribution in [3.05, 3.63) is 12.4 Å². The van der Waals surface area contributed by atoms with E-state index in [1.165, 1.54) is 0 Å². The number of anilines is 2. The number of rotatable bonds is 4. The Kier molecular flexibility index (Phi) is 6.29. The van der Waals surface area contributed by atoms with E-state index in [4.69, 9.17) is 0 Å². The Morgan fingerprint density at radius 1 is 1.10 bits per heavy atom. The molecule has 8 nitrogen and oxygen atoms in total. The summed E-state index contributed by atoms with van der Waals surface area (Å²) in [5.74, 6) is 2.15. The molecule has 0 unspecified atom stereocenters. The molecule has 160 valence electrons. The molecule has 2 amide bonds. The minimum absolute atomic E-state index is 0.0372. The highest BCUT2D eigenvalue weighted by Gasteiger charge is 2.42. The number of piperidine rings is 2. The van der Waals surface area contributed by atoms with Gasteiger partial charge in [0.2, 0.25) is 11.8 Å². The lowest BCUT2D eigenvalue weighted by Crippen LogP contribution is -2.54. The topological polar surface area (TPSA) is 72.9 Å². The van der Waals surface area contributed by atoms with Crippen LogP contribution in [0.1, 0.15) is 32.6 Å². The third kappa shape index (κ3) is 4.62. The fourth-order valence-corrected chi connectivity index (χ4v) is 4.44. The number of hydrogen-bond donors (Lipinski definition) is 0. The lowest BCUT2D eigenvalue weighted by molar-refractivity contribution is -0.146. The zero-order valence-electron chi connectivity index (χ0n) is 18.4. The summed E-state index contributed by atoms with van der Waals surface area (Å²) in [6.07, 6.45) is 4.93. The number of carbonyl (C=O) groups is 2. The van der Waals surface area contributed by atoms with Gasteiger partial charge >= 0.3 is 0 Å². The molecule has 1 aromatic heterocycles. The highest BCUT2D eigenvalue weighted by Crippen LogP contribution is 2.35. The van der Waals surface area contributed by atoms with E-state index in [1.807, 2.05) is 30.0 Å². The Labute approximate surface area is 173 Å². The first-order valence-corrected chi connectivity index (χ1v) is 10.5. The predicted octanol–water partition coefficient (Wildman–Crippen LogP) is 1.48. The molecule has 0 saturated carbocycles. The van der Waals surface area contributed by atoms with Gasteiger partial charge in [-0.25, -0.2) is 9.97 Å². The van der Waals surface area contributed by atoms with Gasteiger partial charge in [0.25, 0.3) is 0 Å². The van der Waals surface area contributed by atoms with Gasteiger partial charge in [-0.1, -0.05) is 0 Å². The van der Waals surface area contributed by atoms with Crippen LogP contribution in [-0.2, 0) is 9.59 Å². The molecule has 0 aliphatic carbocycles. The van der Waals surface area contributed by atoms with Crippen molar-refractivity contribution in [1.82, 2.24) is 19.8 Å². The van der Waals surface area contributed by atoms with Crippen LogP contribution in [0.2, 0.25) is 0 Å². The third-order valence-corrected chi connectivity index (χ3v) is 6.21. The van der Waals surface area contributed by atoms with Gasteiger partial charge in [0, 0.05) is 66.4 Å². The molecule has 2 aliphatic rings. The number of aromatic nitrogens is 2. The Morgan fingerprint density at radius 2 is 1.79 bits per heavy atom. The fraction of sp³-hybridized carbons (Fsp3) is 0.714. The van der Waals surface area contributed by atoms with E-state index in [1.54, 1.807) is 25.3 Å². The lowest BCUT2D eigenvalue weighted by Gasteiger charge is -2.44. The monoisotopic (exact) mass is 402 g/mol. The van der Waals surface area contributed by atoms with Crippen LogP contribution >= 0.6 is 0 Å². The number of nitrogens with zero attached hydrogens (tertiary/aromatic N) is 6. The molecule has 0 aromatic carbocycles. The molecule has 0 radical (unpaired) electrons. The molecule has 8 heteroatoms. The van der Waals surface area contributed by atoms with E-state index in [2.05, 4.69) is 21.8 Å². The second-order valence-electron chi connectivity index (χ2n) is 9.01. The maximum atomic E-state index is 13.4. The van der Waals surface area contributed by atoms with Gasteiger partial charge in [-0.2, -0.15) is 0 Å². The first-order chi connectivity index (χ1) is 13.7. The highest BCUT2D eigenvalue weighted by molar-refractivity contribution is 5.84. The van der Waals surface area contributed by atoms with Crippen LogP contribution < -0.4 is 9.80 Å². The fourth-order valence-electron chi connectivity index (χ4n) is 4.44. The van der Waals surface area contributed by atoms with Crippen molar-refractivity contribution >= 4 is 23.5 Å². The summed E-state index contributed by atoms with van der Waals surface area (Å²) in [6.45, 7) is 4.96. The van der Waals surface area contributed by atoms with Crippen molar-refractivity contribution in [1.29, 1.82) is 0 Å². The summed E-state index contributed by atoms with van der Waals surface area (Å²) in [5, 5.41) is 0. The van der Waals surface area contributed by atoms with Gasteiger partial charge in [0.05, 0.1) is 5.41 Å². The summed E-state index contributed by atoms with van der Waals surface area (Å²) in [4.78, 5) is 42.1. The van der Waals surface area contributed by atoms with Crippen LogP contribution in [-0.4, -0.2) is 86.0 Å². The first-order valence-electron chi connectivity index (χ1n) is 10.5. The largest absolute Gasteiger partial charge is 0.363 e. The maximum absolute atomic E-state index is 13.4. The van der Waals surface area contributed by atoms with E-state index in [9.17, 15) is 9.59 Å². The number of amides is 2. The summed E-state index contributed by atoms with van der Waals surface area (Å²) >= 11 is 0. The summed E-state index contributed by atoms with van der Waals surface area (Å²) < 4.78 is 0. The van der Waals surface area contributed by atoms with Crippen LogP contribution in [0.4, 0.5) is 11.6 Å². The number of carbonyl (C=O) groups excluding carboxylic acids is 2. The molecule has 0 bridgehead atoms. The second-order valence-corrected chi connectivity index (χ2v) is 9.01. The minimum atomic E-state index is -0.431. The quantitative estimate of drug-likeness (QED) is 0.760. The van der Waals surface area contributed by atoms with Crippen molar-refractivity contribution < 1.29 is 9.59 Å².